The topological polar surface area (TPSA) is 35.6 Å². The first-order valence-corrected chi connectivity index (χ1v) is 7.90. The normalized spacial score (nSPS) is 28.8. The Morgan fingerprint density at radius 2 is 1.95 bits per heavy atom. The predicted molar refractivity (Wildman–Crippen MR) is 77.8 cm³/mol. The third kappa shape index (κ3) is 3.69. The average molecular weight is 267 g/mol. The van der Waals surface area contributed by atoms with E-state index in [1.165, 1.54) is 25.9 Å². The zero-order chi connectivity index (χ0) is 13.8. The average Bonchev–Trinajstić information content (AvgIpc) is 2.96. The number of hydrogen-bond acceptors (Lipinski definition) is 3. The number of nitrogens with zero attached hydrogens (tertiary/aromatic N) is 2. The Labute approximate surface area is 117 Å². The van der Waals surface area contributed by atoms with Crippen molar-refractivity contribution in [3.63, 3.8) is 0 Å². The van der Waals surface area contributed by atoms with Crippen LogP contribution in [0.3, 0.4) is 0 Å². The van der Waals surface area contributed by atoms with Gasteiger partial charge in [-0.1, -0.05) is 20.8 Å². The van der Waals surface area contributed by atoms with Crippen molar-refractivity contribution in [1.29, 1.82) is 0 Å². The summed E-state index contributed by atoms with van der Waals surface area (Å²) in [5, 5.41) is 3.51. The Hall–Kier alpha value is -0.610. The van der Waals surface area contributed by atoms with E-state index in [-0.39, 0.29) is 12.2 Å². The standard InChI is InChI=1S/C15H29N3O/c1-4-14-16-13(11-12(2)3)15(19)18(14)10-9-17-7-5-6-8-17/h12-14,16H,4-11H2,1-3H3. The van der Waals surface area contributed by atoms with Gasteiger partial charge in [0.15, 0.2) is 0 Å². The minimum Gasteiger partial charge on any atom is -0.325 e. The molecule has 2 rings (SSSR count). The number of carbonyl (C=O) groups is 1. The minimum absolute atomic E-state index is 0.0449. The van der Waals surface area contributed by atoms with Gasteiger partial charge in [0.05, 0.1) is 12.2 Å². The van der Waals surface area contributed by atoms with Gasteiger partial charge in [-0.2, -0.15) is 0 Å². The lowest BCUT2D eigenvalue weighted by Crippen LogP contribution is -2.41. The molecule has 110 valence electrons. The van der Waals surface area contributed by atoms with Crippen LogP contribution in [-0.2, 0) is 4.79 Å². The highest BCUT2D eigenvalue weighted by atomic mass is 16.2. The Balaban J connectivity index is 1.87. The first kappa shape index (κ1) is 14.8. The van der Waals surface area contributed by atoms with Crippen molar-refractivity contribution in [3.05, 3.63) is 0 Å². The van der Waals surface area contributed by atoms with E-state index in [1.807, 2.05) is 0 Å². The Morgan fingerprint density at radius 3 is 2.53 bits per heavy atom. The molecule has 2 unspecified atom stereocenters. The molecule has 0 aromatic rings. The van der Waals surface area contributed by atoms with Gasteiger partial charge in [0, 0.05) is 13.1 Å². The summed E-state index contributed by atoms with van der Waals surface area (Å²) in [6, 6.07) is 0.0449. The Bertz CT molecular complexity index is 300. The quantitative estimate of drug-likeness (QED) is 0.795. The van der Waals surface area contributed by atoms with Crippen molar-refractivity contribution in [2.75, 3.05) is 26.2 Å². The van der Waals surface area contributed by atoms with Crippen molar-refractivity contribution < 1.29 is 4.79 Å². The van der Waals surface area contributed by atoms with Crippen LogP contribution in [0.5, 0.6) is 0 Å². The number of carbonyl (C=O) groups excluding carboxylic acids is 1. The van der Waals surface area contributed by atoms with Crippen LogP contribution >= 0.6 is 0 Å². The molecule has 0 aliphatic carbocycles. The van der Waals surface area contributed by atoms with E-state index in [0.29, 0.717) is 11.8 Å². The van der Waals surface area contributed by atoms with Gasteiger partial charge in [-0.25, -0.2) is 0 Å². The van der Waals surface area contributed by atoms with Crippen LogP contribution in [0.4, 0.5) is 0 Å². The van der Waals surface area contributed by atoms with Crippen LogP contribution in [0, 0.1) is 5.92 Å². The Kier molecular flexibility index (Phi) is 5.22. The highest BCUT2D eigenvalue weighted by Gasteiger charge is 2.37. The van der Waals surface area contributed by atoms with Crippen LogP contribution < -0.4 is 5.32 Å². The van der Waals surface area contributed by atoms with Crippen LogP contribution in [0.1, 0.15) is 46.5 Å². The maximum Gasteiger partial charge on any atom is 0.241 e. The van der Waals surface area contributed by atoms with E-state index in [2.05, 4.69) is 35.9 Å². The molecule has 1 N–H and O–H groups in total. The maximum absolute atomic E-state index is 12.5. The zero-order valence-electron chi connectivity index (χ0n) is 12.7. The predicted octanol–water partition coefficient (Wildman–Crippen LogP) is 1.66. The molecular formula is C15H29N3O. The molecule has 2 atom stereocenters. The lowest BCUT2D eigenvalue weighted by Gasteiger charge is -2.25. The summed E-state index contributed by atoms with van der Waals surface area (Å²) < 4.78 is 0. The van der Waals surface area contributed by atoms with E-state index in [4.69, 9.17) is 0 Å². The number of likely N-dealkylation sites (tertiary alicyclic amines) is 1. The van der Waals surface area contributed by atoms with Gasteiger partial charge < -0.3 is 9.80 Å². The molecule has 0 saturated carbocycles. The minimum atomic E-state index is 0.0449. The smallest absolute Gasteiger partial charge is 0.241 e. The van der Waals surface area contributed by atoms with Crippen molar-refractivity contribution in [2.24, 2.45) is 5.92 Å². The van der Waals surface area contributed by atoms with Gasteiger partial charge in [-0.15, -0.1) is 0 Å². The summed E-state index contributed by atoms with van der Waals surface area (Å²) in [5.41, 5.74) is 0. The number of rotatable bonds is 6. The second kappa shape index (κ2) is 6.71. The third-order valence-corrected chi connectivity index (χ3v) is 4.30. The summed E-state index contributed by atoms with van der Waals surface area (Å²) >= 11 is 0. The van der Waals surface area contributed by atoms with Crippen LogP contribution in [-0.4, -0.2) is 54.1 Å². The van der Waals surface area contributed by atoms with Gasteiger partial charge in [0.1, 0.15) is 0 Å². The second-order valence-corrected chi connectivity index (χ2v) is 6.35. The molecule has 0 radical (unpaired) electrons. The molecular weight excluding hydrogens is 238 g/mol. The first-order valence-electron chi connectivity index (χ1n) is 7.90. The third-order valence-electron chi connectivity index (χ3n) is 4.30. The lowest BCUT2D eigenvalue weighted by atomic mass is 10.0. The van der Waals surface area contributed by atoms with E-state index < -0.39 is 0 Å². The zero-order valence-corrected chi connectivity index (χ0v) is 12.7. The van der Waals surface area contributed by atoms with Gasteiger partial charge in [0.2, 0.25) is 5.91 Å². The molecule has 2 fully saturated rings. The summed E-state index contributed by atoms with van der Waals surface area (Å²) in [4.78, 5) is 17.0. The second-order valence-electron chi connectivity index (χ2n) is 6.35. The lowest BCUT2D eigenvalue weighted by molar-refractivity contribution is -0.130. The maximum atomic E-state index is 12.5. The summed E-state index contributed by atoms with van der Waals surface area (Å²) in [5.74, 6) is 0.886. The van der Waals surface area contributed by atoms with E-state index in [9.17, 15) is 4.79 Å². The summed E-state index contributed by atoms with van der Waals surface area (Å²) in [6.07, 6.45) is 4.84. The van der Waals surface area contributed by atoms with Crippen molar-refractivity contribution in [3.8, 4) is 0 Å². The van der Waals surface area contributed by atoms with Crippen molar-refractivity contribution >= 4 is 5.91 Å². The van der Waals surface area contributed by atoms with E-state index in [1.54, 1.807) is 0 Å². The highest BCUT2D eigenvalue weighted by molar-refractivity contribution is 5.84. The molecule has 0 bridgehead atoms. The largest absolute Gasteiger partial charge is 0.325 e. The molecule has 2 saturated heterocycles. The molecule has 2 aliphatic rings. The SMILES string of the molecule is CCC1NC(CC(C)C)C(=O)N1CCN1CCCC1. The van der Waals surface area contributed by atoms with E-state index in [0.717, 1.165) is 25.9 Å². The first-order chi connectivity index (χ1) is 9.11. The number of hydrogen-bond donors (Lipinski definition) is 1. The fraction of sp³-hybridized carbons (Fsp3) is 0.933. The van der Waals surface area contributed by atoms with Crippen molar-refractivity contribution in [2.45, 2.75) is 58.7 Å². The molecule has 2 aliphatic heterocycles. The van der Waals surface area contributed by atoms with Gasteiger partial charge >= 0.3 is 0 Å². The van der Waals surface area contributed by atoms with Crippen LogP contribution in [0.25, 0.3) is 0 Å². The molecule has 1 amide bonds. The fourth-order valence-corrected chi connectivity index (χ4v) is 3.25. The summed E-state index contributed by atoms with van der Waals surface area (Å²) in [6.45, 7) is 10.9. The highest BCUT2D eigenvalue weighted by Crippen LogP contribution is 2.19. The molecule has 19 heavy (non-hydrogen) atoms. The van der Waals surface area contributed by atoms with Crippen molar-refractivity contribution in [1.82, 2.24) is 15.1 Å². The van der Waals surface area contributed by atoms with Gasteiger partial charge in [-0.3, -0.25) is 10.1 Å². The Morgan fingerprint density at radius 1 is 1.26 bits per heavy atom. The number of nitrogens with one attached hydrogen (secondary N) is 1. The molecule has 4 nitrogen and oxygen atoms in total. The van der Waals surface area contributed by atoms with Crippen LogP contribution in [0.15, 0.2) is 0 Å². The van der Waals surface area contributed by atoms with Crippen LogP contribution in [0.2, 0.25) is 0 Å². The van der Waals surface area contributed by atoms with E-state index >= 15 is 0 Å². The number of amides is 1. The monoisotopic (exact) mass is 267 g/mol. The molecule has 0 aromatic heterocycles. The summed E-state index contributed by atoms with van der Waals surface area (Å²) in [7, 11) is 0. The molecule has 4 heteroatoms. The molecule has 2 heterocycles. The molecule has 0 spiro atoms. The fourth-order valence-electron chi connectivity index (χ4n) is 3.25. The molecule has 0 aromatic carbocycles. The van der Waals surface area contributed by atoms with Gasteiger partial charge in [-0.05, 0) is 44.7 Å². The van der Waals surface area contributed by atoms with Gasteiger partial charge in [0.25, 0.3) is 0 Å².